The fourth-order valence-electron chi connectivity index (χ4n) is 1.19. The standard InChI is InChI=1S/C11H7F5O3/c1-2-3-4(17)19-11(18)5-6(12)8(14)10(16)9(15)7(5)13/h2-3H2,1H3. The number of carbonyl (C=O) groups excluding carboxylic acids is 2. The molecule has 1 aromatic rings. The first-order valence-corrected chi connectivity index (χ1v) is 5.07. The maximum absolute atomic E-state index is 13.2. The third kappa shape index (κ3) is 2.88. The van der Waals surface area contributed by atoms with Crippen LogP contribution >= 0.6 is 0 Å². The summed E-state index contributed by atoms with van der Waals surface area (Å²) in [7, 11) is 0. The molecule has 3 nitrogen and oxygen atoms in total. The fourth-order valence-corrected chi connectivity index (χ4v) is 1.19. The number of ether oxygens (including phenoxy) is 1. The Balaban J connectivity index is 3.21. The molecule has 0 heterocycles. The summed E-state index contributed by atoms with van der Waals surface area (Å²) in [5.74, 6) is -14.7. The van der Waals surface area contributed by atoms with Gasteiger partial charge in [0.15, 0.2) is 23.3 Å². The van der Waals surface area contributed by atoms with Gasteiger partial charge in [-0.05, 0) is 6.42 Å². The van der Waals surface area contributed by atoms with E-state index in [1.807, 2.05) is 0 Å². The van der Waals surface area contributed by atoms with E-state index in [0.29, 0.717) is 0 Å². The van der Waals surface area contributed by atoms with E-state index in [9.17, 15) is 31.5 Å². The van der Waals surface area contributed by atoms with E-state index in [1.165, 1.54) is 0 Å². The predicted molar refractivity (Wildman–Crippen MR) is 51.6 cm³/mol. The second-order valence-electron chi connectivity index (χ2n) is 3.46. The lowest BCUT2D eigenvalue weighted by atomic mass is 10.1. The van der Waals surface area contributed by atoms with Gasteiger partial charge in [-0.25, -0.2) is 26.7 Å². The summed E-state index contributed by atoms with van der Waals surface area (Å²) in [5, 5.41) is 0. The number of halogens is 5. The van der Waals surface area contributed by atoms with E-state index in [0.717, 1.165) is 0 Å². The molecule has 0 N–H and O–H groups in total. The average molecular weight is 282 g/mol. The minimum Gasteiger partial charge on any atom is -0.389 e. The highest BCUT2D eigenvalue weighted by Crippen LogP contribution is 2.23. The molecular weight excluding hydrogens is 275 g/mol. The Kier molecular flexibility index (Phi) is 4.57. The number of hydrogen-bond acceptors (Lipinski definition) is 3. The van der Waals surface area contributed by atoms with Crippen LogP contribution in [0.2, 0.25) is 0 Å². The van der Waals surface area contributed by atoms with Gasteiger partial charge in [-0.2, -0.15) is 0 Å². The number of hydrogen-bond donors (Lipinski definition) is 0. The van der Waals surface area contributed by atoms with E-state index in [1.54, 1.807) is 6.92 Å². The molecule has 1 rings (SSSR count). The van der Waals surface area contributed by atoms with Gasteiger partial charge in [0.05, 0.1) is 0 Å². The lowest BCUT2D eigenvalue weighted by Gasteiger charge is -2.07. The highest BCUT2D eigenvalue weighted by Gasteiger charge is 2.31. The van der Waals surface area contributed by atoms with Crippen LogP contribution in [0, 0.1) is 29.1 Å². The van der Waals surface area contributed by atoms with Gasteiger partial charge in [0.2, 0.25) is 5.82 Å². The third-order valence-electron chi connectivity index (χ3n) is 2.07. The molecule has 8 heteroatoms. The molecule has 104 valence electrons. The van der Waals surface area contributed by atoms with E-state index in [-0.39, 0.29) is 12.8 Å². The Morgan fingerprint density at radius 3 is 1.74 bits per heavy atom. The van der Waals surface area contributed by atoms with Gasteiger partial charge in [0.1, 0.15) is 5.56 Å². The van der Waals surface area contributed by atoms with Crippen LogP contribution < -0.4 is 0 Å². The summed E-state index contributed by atoms with van der Waals surface area (Å²) in [4.78, 5) is 22.1. The van der Waals surface area contributed by atoms with Crippen LogP contribution in [0.15, 0.2) is 0 Å². The van der Waals surface area contributed by atoms with Gasteiger partial charge < -0.3 is 4.74 Å². The number of esters is 2. The zero-order valence-corrected chi connectivity index (χ0v) is 9.53. The Morgan fingerprint density at radius 2 is 1.32 bits per heavy atom. The van der Waals surface area contributed by atoms with Crippen LogP contribution in [0.4, 0.5) is 22.0 Å². The minimum absolute atomic E-state index is 0.235. The van der Waals surface area contributed by atoms with Crippen LogP contribution in [0.5, 0.6) is 0 Å². The smallest absolute Gasteiger partial charge is 0.352 e. The number of rotatable bonds is 3. The summed E-state index contributed by atoms with van der Waals surface area (Å²) in [6.07, 6.45) is 0.0460. The van der Waals surface area contributed by atoms with Crippen molar-refractivity contribution in [1.29, 1.82) is 0 Å². The van der Waals surface area contributed by atoms with Crippen molar-refractivity contribution < 1.29 is 36.3 Å². The second kappa shape index (κ2) is 5.77. The van der Waals surface area contributed by atoms with Gasteiger partial charge in [-0.15, -0.1) is 0 Å². The minimum atomic E-state index is -2.40. The molecule has 0 fully saturated rings. The Hall–Kier alpha value is -1.99. The topological polar surface area (TPSA) is 43.4 Å². The van der Waals surface area contributed by atoms with E-state index < -0.39 is 46.6 Å². The van der Waals surface area contributed by atoms with Crippen molar-refractivity contribution in [2.24, 2.45) is 0 Å². The zero-order chi connectivity index (χ0) is 14.7. The molecule has 0 unspecified atom stereocenters. The maximum atomic E-state index is 13.2. The second-order valence-corrected chi connectivity index (χ2v) is 3.46. The van der Waals surface area contributed by atoms with Gasteiger partial charge in [-0.1, -0.05) is 6.92 Å². The molecule has 0 spiro atoms. The summed E-state index contributed by atoms with van der Waals surface area (Å²) in [6, 6.07) is 0. The molecule has 1 aromatic carbocycles. The van der Waals surface area contributed by atoms with E-state index >= 15 is 0 Å². The van der Waals surface area contributed by atoms with Crippen LogP contribution in [0.3, 0.4) is 0 Å². The molecule has 0 atom stereocenters. The molecule has 0 saturated heterocycles. The molecule has 0 radical (unpaired) electrons. The predicted octanol–water partition coefficient (Wildman–Crippen LogP) is 2.87. The molecule has 0 amide bonds. The lowest BCUT2D eigenvalue weighted by molar-refractivity contribution is -0.138. The van der Waals surface area contributed by atoms with Crippen molar-refractivity contribution in [3.8, 4) is 0 Å². The van der Waals surface area contributed by atoms with Gasteiger partial charge in [-0.3, -0.25) is 4.79 Å². The highest BCUT2D eigenvalue weighted by molar-refractivity contribution is 5.97. The third-order valence-corrected chi connectivity index (χ3v) is 2.07. The van der Waals surface area contributed by atoms with Crippen LogP contribution in [-0.2, 0) is 9.53 Å². The van der Waals surface area contributed by atoms with Crippen LogP contribution in [0.1, 0.15) is 30.1 Å². The van der Waals surface area contributed by atoms with Crippen molar-refractivity contribution in [1.82, 2.24) is 0 Å². The first kappa shape index (κ1) is 15.1. The van der Waals surface area contributed by atoms with Gasteiger partial charge >= 0.3 is 11.9 Å². The zero-order valence-electron chi connectivity index (χ0n) is 9.53. The molecular formula is C11H7F5O3. The largest absolute Gasteiger partial charge is 0.389 e. The summed E-state index contributed by atoms with van der Waals surface area (Å²) in [5.41, 5.74) is -1.79. The van der Waals surface area contributed by atoms with E-state index in [2.05, 4.69) is 4.74 Å². The molecule has 0 aromatic heterocycles. The molecule has 0 bridgehead atoms. The fraction of sp³-hybridized carbons (Fsp3) is 0.273. The summed E-state index contributed by atoms with van der Waals surface area (Å²) in [6.45, 7) is 1.56. The maximum Gasteiger partial charge on any atom is 0.352 e. The van der Waals surface area contributed by atoms with Crippen molar-refractivity contribution in [2.45, 2.75) is 19.8 Å². The molecule has 0 aliphatic carbocycles. The Morgan fingerprint density at radius 1 is 0.895 bits per heavy atom. The monoisotopic (exact) mass is 282 g/mol. The first-order valence-electron chi connectivity index (χ1n) is 5.07. The average Bonchev–Trinajstić information content (AvgIpc) is 2.34. The Bertz CT molecular complexity index is 513. The first-order chi connectivity index (χ1) is 8.81. The Labute approximate surface area is 104 Å². The molecule has 0 saturated carbocycles. The molecule has 19 heavy (non-hydrogen) atoms. The lowest BCUT2D eigenvalue weighted by Crippen LogP contribution is -2.18. The van der Waals surface area contributed by atoms with Gasteiger partial charge in [0, 0.05) is 6.42 Å². The van der Waals surface area contributed by atoms with Crippen molar-refractivity contribution in [2.75, 3.05) is 0 Å². The summed E-state index contributed by atoms with van der Waals surface area (Å²) >= 11 is 0. The molecule has 0 aliphatic rings. The quantitative estimate of drug-likeness (QED) is 0.281. The highest BCUT2D eigenvalue weighted by atomic mass is 19.2. The van der Waals surface area contributed by atoms with Crippen molar-refractivity contribution in [3.05, 3.63) is 34.6 Å². The van der Waals surface area contributed by atoms with Crippen LogP contribution in [-0.4, -0.2) is 11.9 Å². The number of carbonyl (C=O) groups is 2. The molecule has 0 aliphatic heterocycles. The van der Waals surface area contributed by atoms with E-state index in [4.69, 9.17) is 0 Å². The number of benzene rings is 1. The van der Waals surface area contributed by atoms with Gasteiger partial charge in [0.25, 0.3) is 0 Å². The summed E-state index contributed by atoms with van der Waals surface area (Å²) < 4.78 is 68.6. The van der Waals surface area contributed by atoms with Crippen LogP contribution in [0.25, 0.3) is 0 Å². The SMILES string of the molecule is CCCC(=O)OC(=O)c1c(F)c(F)c(F)c(F)c1F. The normalized spacial score (nSPS) is 10.4. The van der Waals surface area contributed by atoms with Crippen molar-refractivity contribution >= 4 is 11.9 Å². The van der Waals surface area contributed by atoms with Crippen molar-refractivity contribution in [3.63, 3.8) is 0 Å².